The van der Waals surface area contributed by atoms with Gasteiger partial charge in [0.1, 0.15) is 5.69 Å². The second kappa shape index (κ2) is 6.80. The number of aryl methyl sites for hydroxylation is 1. The fourth-order valence-corrected chi connectivity index (χ4v) is 4.03. The lowest BCUT2D eigenvalue weighted by atomic mass is 10.0. The van der Waals surface area contributed by atoms with E-state index < -0.39 is 11.9 Å². The van der Waals surface area contributed by atoms with Gasteiger partial charge in [-0.2, -0.15) is 4.98 Å². The minimum atomic E-state index is -0.787. The molecule has 1 unspecified atom stereocenters. The number of carboxylic acid groups (broad SMARTS) is 1. The summed E-state index contributed by atoms with van der Waals surface area (Å²) in [4.78, 5) is 34.1. The molecule has 1 aromatic carbocycles. The van der Waals surface area contributed by atoms with Crippen LogP contribution in [-0.4, -0.2) is 37.1 Å². The normalized spacial score (nSPS) is 15.4. The number of hydrogen-bond acceptors (Lipinski definition) is 6. The predicted molar refractivity (Wildman–Crippen MR) is 107 cm³/mol. The molecule has 9 nitrogen and oxygen atoms in total. The molecule has 150 valence electrons. The summed E-state index contributed by atoms with van der Waals surface area (Å²) < 4.78 is 5.36. The first-order chi connectivity index (χ1) is 14.5. The number of nitrogens with one attached hydrogen (secondary N) is 1. The van der Waals surface area contributed by atoms with Crippen molar-refractivity contribution in [2.45, 2.75) is 25.2 Å². The number of H-pyrrole nitrogens is 1. The molecule has 4 N–H and O–H groups in total. The zero-order valence-corrected chi connectivity index (χ0v) is 15.8. The van der Waals surface area contributed by atoms with Gasteiger partial charge >= 0.3 is 5.97 Å². The minimum Gasteiger partial charge on any atom is -0.481 e. The van der Waals surface area contributed by atoms with Gasteiger partial charge in [0, 0.05) is 34.3 Å². The highest BCUT2D eigenvalue weighted by Crippen LogP contribution is 2.40. The molecular formula is C21H17N5O4. The number of carbonyl (C=O) groups excluding carboxylic acids is 1. The summed E-state index contributed by atoms with van der Waals surface area (Å²) in [7, 11) is 0. The molecule has 9 heteroatoms. The van der Waals surface area contributed by atoms with E-state index >= 15 is 0 Å². The smallest absolute Gasteiger partial charge is 0.304 e. The number of primary amides is 1. The lowest BCUT2D eigenvalue weighted by Crippen LogP contribution is -2.12. The molecule has 1 amide bonds. The van der Waals surface area contributed by atoms with E-state index in [-0.39, 0.29) is 23.9 Å². The van der Waals surface area contributed by atoms with Crippen molar-refractivity contribution in [3.63, 3.8) is 0 Å². The Hall–Kier alpha value is -4.01. The molecule has 0 aliphatic heterocycles. The van der Waals surface area contributed by atoms with Crippen LogP contribution in [-0.2, 0) is 11.2 Å². The van der Waals surface area contributed by atoms with Crippen molar-refractivity contribution in [3.8, 4) is 22.8 Å². The number of carbonyl (C=O) groups is 2. The van der Waals surface area contributed by atoms with Gasteiger partial charge in [-0.3, -0.25) is 14.6 Å². The van der Waals surface area contributed by atoms with E-state index in [1.807, 2.05) is 18.2 Å². The highest BCUT2D eigenvalue weighted by atomic mass is 16.5. The average molecular weight is 403 g/mol. The summed E-state index contributed by atoms with van der Waals surface area (Å²) in [6.07, 6.45) is 3.26. The van der Waals surface area contributed by atoms with Gasteiger partial charge in [0.15, 0.2) is 0 Å². The molecule has 0 spiro atoms. The van der Waals surface area contributed by atoms with Crippen molar-refractivity contribution < 1.29 is 19.2 Å². The summed E-state index contributed by atoms with van der Waals surface area (Å²) >= 11 is 0. The molecule has 0 fully saturated rings. The number of nitrogens with two attached hydrogens (primary N) is 1. The fourth-order valence-electron chi connectivity index (χ4n) is 4.03. The fraction of sp³-hybridized carbons (Fsp3) is 0.190. The van der Waals surface area contributed by atoms with Crippen LogP contribution in [0.15, 0.2) is 41.1 Å². The summed E-state index contributed by atoms with van der Waals surface area (Å²) in [5.74, 6) is -0.660. The summed E-state index contributed by atoms with van der Waals surface area (Å²) in [5.41, 5.74) is 9.88. The Morgan fingerprint density at radius 1 is 1.23 bits per heavy atom. The number of benzene rings is 1. The van der Waals surface area contributed by atoms with Crippen molar-refractivity contribution >= 4 is 22.8 Å². The van der Waals surface area contributed by atoms with Gasteiger partial charge < -0.3 is 20.3 Å². The van der Waals surface area contributed by atoms with E-state index in [2.05, 4.69) is 20.1 Å². The van der Waals surface area contributed by atoms with Crippen LogP contribution in [0.1, 0.15) is 40.5 Å². The average Bonchev–Trinajstić information content (AvgIpc) is 3.44. The van der Waals surface area contributed by atoms with Gasteiger partial charge in [0.25, 0.3) is 11.8 Å². The zero-order valence-electron chi connectivity index (χ0n) is 15.8. The largest absolute Gasteiger partial charge is 0.481 e. The summed E-state index contributed by atoms with van der Waals surface area (Å²) in [6, 6.07) is 8.99. The van der Waals surface area contributed by atoms with Gasteiger partial charge in [-0.25, -0.2) is 0 Å². The summed E-state index contributed by atoms with van der Waals surface area (Å²) in [6.45, 7) is 0. The third-order valence-electron chi connectivity index (χ3n) is 5.46. The Morgan fingerprint density at radius 3 is 2.80 bits per heavy atom. The van der Waals surface area contributed by atoms with E-state index in [9.17, 15) is 9.59 Å². The van der Waals surface area contributed by atoms with Crippen LogP contribution in [0.3, 0.4) is 0 Å². The molecule has 1 aliphatic rings. The van der Waals surface area contributed by atoms with Crippen LogP contribution in [0, 0.1) is 0 Å². The number of fused-ring (bicyclic) bond motifs is 3. The topological polar surface area (TPSA) is 148 Å². The van der Waals surface area contributed by atoms with Crippen molar-refractivity contribution in [3.05, 3.63) is 53.5 Å². The Balaban J connectivity index is 1.47. The number of amides is 1. The molecule has 1 atom stereocenters. The van der Waals surface area contributed by atoms with E-state index in [1.165, 1.54) is 12.3 Å². The van der Waals surface area contributed by atoms with Crippen LogP contribution in [0.4, 0.5) is 0 Å². The molecule has 5 rings (SSSR count). The summed E-state index contributed by atoms with van der Waals surface area (Å²) in [5, 5.41) is 14.3. The highest BCUT2D eigenvalue weighted by Gasteiger charge is 2.28. The molecule has 30 heavy (non-hydrogen) atoms. The highest BCUT2D eigenvalue weighted by molar-refractivity contribution is 5.91. The van der Waals surface area contributed by atoms with Crippen LogP contribution in [0.2, 0.25) is 0 Å². The van der Waals surface area contributed by atoms with Crippen LogP contribution >= 0.6 is 0 Å². The molecule has 0 bridgehead atoms. The Morgan fingerprint density at radius 2 is 2.07 bits per heavy atom. The number of rotatable bonds is 5. The third kappa shape index (κ3) is 3.00. The SMILES string of the molecule is NC(=O)c1ccc(-c2nc(-c3ccc4[nH]c5c(c4c3)CCC5CC(=O)O)no2)cn1. The van der Waals surface area contributed by atoms with Gasteiger partial charge in [-0.05, 0) is 48.7 Å². The molecule has 1 aliphatic carbocycles. The first kappa shape index (κ1) is 18.0. The number of pyridine rings is 1. The molecule has 0 saturated heterocycles. The Bertz CT molecular complexity index is 1290. The number of nitrogens with zero attached hydrogens (tertiary/aromatic N) is 3. The van der Waals surface area contributed by atoms with Crippen molar-refractivity contribution in [1.29, 1.82) is 0 Å². The van der Waals surface area contributed by atoms with E-state index in [4.69, 9.17) is 15.4 Å². The van der Waals surface area contributed by atoms with E-state index in [0.29, 0.717) is 11.4 Å². The maximum atomic E-state index is 11.2. The van der Waals surface area contributed by atoms with Crippen LogP contribution < -0.4 is 5.73 Å². The van der Waals surface area contributed by atoms with Gasteiger partial charge in [-0.15, -0.1) is 0 Å². The van der Waals surface area contributed by atoms with Gasteiger partial charge in [-0.1, -0.05) is 5.16 Å². The Kier molecular flexibility index (Phi) is 4.09. The number of aromatic nitrogens is 4. The van der Waals surface area contributed by atoms with Crippen molar-refractivity contribution in [2.75, 3.05) is 0 Å². The number of aromatic amines is 1. The van der Waals surface area contributed by atoms with Gasteiger partial charge in [0.05, 0.1) is 12.0 Å². The Labute approximate surface area is 169 Å². The molecule has 4 aromatic rings. The molecule has 3 aromatic heterocycles. The minimum absolute atomic E-state index is 0.0148. The number of hydrogen-bond donors (Lipinski definition) is 3. The lowest BCUT2D eigenvalue weighted by molar-refractivity contribution is -0.137. The maximum absolute atomic E-state index is 11.2. The number of aliphatic carboxylic acids is 1. The predicted octanol–water partition coefficient (Wildman–Crippen LogP) is 2.88. The number of carboxylic acids is 1. The van der Waals surface area contributed by atoms with Crippen molar-refractivity contribution in [2.24, 2.45) is 5.73 Å². The van der Waals surface area contributed by atoms with Gasteiger partial charge in [0.2, 0.25) is 5.82 Å². The first-order valence-corrected chi connectivity index (χ1v) is 9.46. The van der Waals surface area contributed by atoms with Crippen LogP contribution in [0.5, 0.6) is 0 Å². The lowest BCUT2D eigenvalue weighted by Gasteiger charge is -2.05. The van der Waals surface area contributed by atoms with E-state index in [1.54, 1.807) is 6.07 Å². The first-order valence-electron chi connectivity index (χ1n) is 9.46. The standard InChI is InChI=1S/C21H17N5O4/c22-19(29)16-6-3-12(9-23-16)21-25-20(26-30-21)11-2-5-15-14(7-11)13-4-1-10(8-17(27)28)18(13)24-15/h2-3,5-7,9-10,24H,1,4,8H2,(H2,22,29)(H,27,28). The maximum Gasteiger partial charge on any atom is 0.304 e. The zero-order chi connectivity index (χ0) is 20.8. The third-order valence-corrected chi connectivity index (χ3v) is 5.46. The second-order valence-corrected chi connectivity index (χ2v) is 7.33. The quantitative estimate of drug-likeness (QED) is 0.464. The van der Waals surface area contributed by atoms with Crippen LogP contribution in [0.25, 0.3) is 33.7 Å². The van der Waals surface area contributed by atoms with E-state index in [0.717, 1.165) is 40.6 Å². The molecular weight excluding hydrogens is 386 g/mol. The van der Waals surface area contributed by atoms with Crippen molar-refractivity contribution in [1.82, 2.24) is 20.1 Å². The molecule has 3 heterocycles. The molecule has 0 saturated carbocycles. The molecule has 0 radical (unpaired) electrons. The monoisotopic (exact) mass is 403 g/mol. The second-order valence-electron chi connectivity index (χ2n) is 7.33.